The molecule has 0 aliphatic heterocycles. The van der Waals surface area contributed by atoms with Crippen molar-refractivity contribution in [2.24, 2.45) is 0 Å². The summed E-state index contributed by atoms with van der Waals surface area (Å²) in [5.74, 6) is -2.87. The summed E-state index contributed by atoms with van der Waals surface area (Å²) in [5, 5.41) is 53.7. The van der Waals surface area contributed by atoms with Crippen LogP contribution in [0.5, 0.6) is 0 Å². The van der Waals surface area contributed by atoms with E-state index < -0.39 is 36.4 Å². The topological polar surface area (TPSA) is 167 Å². The minimum atomic E-state index is -1.44. The second kappa shape index (κ2) is 21.8. The maximum absolute atomic E-state index is 9.53. The molecule has 124 valence electrons. The number of aliphatic hydroxyl groups excluding tert-OH is 2. The third-order valence-corrected chi connectivity index (χ3v) is 0.682. The van der Waals surface area contributed by atoms with E-state index in [9.17, 15) is 30.0 Å². The monoisotopic (exact) mass is 344 g/mol. The van der Waals surface area contributed by atoms with Gasteiger partial charge in [0.15, 0.2) is 0 Å². The molecule has 2 N–H and O–H groups in total. The molecule has 0 amide bonds. The molecule has 0 radical (unpaired) electrons. The fourth-order valence-electron chi connectivity index (χ4n) is 0. The van der Waals surface area contributed by atoms with Crippen LogP contribution in [0.2, 0.25) is 0 Å². The Morgan fingerprint density at radius 3 is 0.762 bits per heavy atom. The summed E-state index contributed by atoms with van der Waals surface area (Å²) in [6, 6.07) is 0. The SMILES string of the molecule is CC(C)[O-].CC(C)[O-].CC(O)C(=O)[O-].CC(O)C(=O)[O-].[Ti+4]. The quantitative estimate of drug-likeness (QED) is 0.475. The minimum absolute atomic E-state index is 0. The Bertz CT molecular complexity index is 200. The van der Waals surface area contributed by atoms with Crippen molar-refractivity contribution in [3.63, 3.8) is 0 Å². The van der Waals surface area contributed by atoms with Crippen molar-refractivity contribution in [1.82, 2.24) is 0 Å². The number of carbonyl (C=O) groups is 2. The molecule has 0 spiro atoms. The molecule has 0 bridgehead atoms. The van der Waals surface area contributed by atoms with Crippen LogP contribution in [0.4, 0.5) is 0 Å². The van der Waals surface area contributed by atoms with Crippen molar-refractivity contribution in [3.05, 3.63) is 0 Å². The summed E-state index contributed by atoms with van der Waals surface area (Å²) in [6.45, 7) is 8.71. The standard InChI is InChI=1S/2C3H6O3.2C3H7O.Ti/c2*1-2(4)3(5)6;2*1-3(2)4;/h2*2,4H,1H3,(H,5,6);2*3H,1-2H3;/q;;2*-1;+4/p-2. The Hall–Kier alpha value is -0.506. The van der Waals surface area contributed by atoms with E-state index in [0.29, 0.717) is 0 Å². The number of carbonyl (C=O) groups excluding carboxylic acids is 2. The van der Waals surface area contributed by atoms with Gasteiger partial charge in [-0.15, -0.1) is 12.2 Å². The predicted octanol–water partition coefficient (Wildman–Crippen LogP) is -4.26. The van der Waals surface area contributed by atoms with Crippen LogP contribution in [0.15, 0.2) is 0 Å². The Balaban J connectivity index is -0.0000000544. The number of carboxylic acids is 2. The van der Waals surface area contributed by atoms with E-state index in [-0.39, 0.29) is 21.7 Å². The van der Waals surface area contributed by atoms with Gasteiger partial charge in [-0.1, -0.05) is 27.7 Å². The van der Waals surface area contributed by atoms with E-state index in [0.717, 1.165) is 13.8 Å². The van der Waals surface area contributed by atoms with Crippen molar-refractivity contribution in [2.75, 3.05) is 0 Å². The number of carboxylic acid groups (broad SMARTS) is 2. The van der Waals surface area contributed by atoms with Gasteiger partial charge in [-0.25, -0.2) is 0 Å². The molecule has 0 aromatic rings. The molecule has 9 heteroatoms. The predicted molar refractivity (Wildman–Crippen MR) is 63.6 cm³/mol. The second-order valence-corrected chi connectivity index (χ2v) is 4.09. The first-order valence-electron chi connectivity index (χ1n) is 5.85. The van der Waals surface area contributed by atoms with Crippen LogP contribution in [0.1, 0.15) is 41.5 Å². The van der Waals surface area contributed by atoms with Gasteiger partial charge in [0.2, 0.25) is 0 Å². The Labute approximate surface area is 140 Å². The van der Waals surface area contributed by atoms with Gasteiger partial charge in [-0.05, 0) is 13.8 Å². The summed E-state index contributed by atoms with van der Waals surface area (Å²) < 4.78 is 0. The van der Waals surface area contributed by atoms with Gasteiger partial charge in [-0.3, -0.25) is 0 Å². The number of aliphatic hydroxyl groups is 2. The third-order valence-electron chi connectivity index (χ3n) is 0.682. The van der Waals surface area contributed by atoms with E-state index in [4.69, 9.17) is 10.2 Å². The van der Waals surface area contributed by atoms with Gasteiger partial charge in [0.25, 0.3) is 0 Å². The summed E-state index contributed by atoms with van der Waals surface area (Å²) in [5.41, 5.74) is 0. The molecular weight excluding hydrogens is 320 g/mol. The first-order chi connectivity index (χ1) is 8.75. The van der Waals surface area contributed by atoms with Crippen molar-refractivity contribution in [2.45, 2.75) is 66.0 Å². The van der Waals surface area contributed by atoms with Crippen LogP contribution in [0.3, 0.4) is 0 Å². The fourth-order valence-corrected chi connectivity index (χ4v) is 0. The molecule has 0 aliphatic carbocycles. The van der Waals surface area contributed by atoms with Gasteiger partial charge < -0.3 is 40.2 Å². The smallest absolute Gasteiger partial charge is 0.852 e. The molecule has 0 saturated carbocycles. The van der Waals surface area contributed by atoms with Crippen LogP contribution in [-0.4, -0.2) is 46.6 Å². The normalized spacial score (nSPS) is 11.2. The number of hydrogen-bond donors (Lipinski definition) is 2. The second-order valence-electron chi connectivity index (χ2n) is 4.09. The Morgan fingerprint density at radius 1 is 0.714 bits per heavy atom. The van der Waals surface area contributed by atoms with Crippen LogP contribution >= 0.6 is 0 Å². The van der Waals surface area contributed by atoms with E-state index >= 15 is 0 Å². The zero-order valence-electron chi connectivity index (χ0n) is 13.2. The molecule has 0 rings (SSSR count). The average molecular weight is 344 g/mol. The molecule has 0 fully saturated rings. The first-order valence-corrected chi connectivity index (χ1v) is 5.85. The van der Waals surface area contributed by atoms with Crippen LogP contribution in [0, 0.1) is 0 Å². The Kier molecular flexibility index (Phi) is 33.7. The average Bonchev–Trinajstić information content (AvgIpc) is 2.15. The first kappa shape index (κ1) is 32.4. The largest absolute Gasteiger partial charge is 4.00 e. The van der Waals surface area contributed by atoms with E-state index in [1.165, 1.54) is 0 Å². The molecule has 0 aliphatic rings. The number of rotatable bonds is 2. The summed E-state index contributed by atoms with van der Waals surface area (Å²) in [4.78, 5) is 18.7. The van der Waals surface area contributed by atoms with Crippen molar-refractivity contribution in [1.29, 1.82) is 0 Å². The minimum Gasteiger partial charge on any atom is -0.852 e. The van der Waals surface area contributed by atoms with Gasteiger partial charge in [0.1, 0.15) is 0 Å². The molecule has 0 aromatic carbocycles. The third kappa shape index (κ3) is 106. The molecule has 0 saturated heterocycles. The molecule has 0 aromatic heterocycles. The van der Waals surface area contributed by atoms with Crippen molar-refractivity contribution < 1.29 is 61.9 Å². The fraction of sp³-hybridized carbons (Fsp3) is 0.833. The van der Waals surface area contributed by atoms with Gasteiger partial charge in [-0.2, -0.15) is 0 Å². The molecule has 2 unspecified atom stereocenters. The summed E-state index contributed by atoms with van der Waals surface area (Å²) in [7, 11) is 0. The summed E-state index contributed by atoms with van der Waals surface area (Å²) in [6.07, 6.45) is -3.52. The van der Waals surface area contributed by atoms with E-state index in [1.807, 2.05) is 0 Å². The summed E-state index contributed by atoms with van der Waals surface area (Å²) >= 11 is 0. The zero-order valence-corrected chi connectivity index (χ0v) is 14.7. The zero-order chi connectivity index (χ0) is 17.5. The molecular formula is C12H24O8Ti. The van der Waals surface area contributed by atoms with Crippen molar-refractivity contribution in [3.8, 4) is 0 Å². The van der Waals surface area contributed by atoms with Gasteiger partial charge in [0, 0.05) is 0 Å². The maximum Gasteiger partial charge on any atom is 4.00 e. The number of aliphatic carboxylic acids is 2. The van der Waals surface area contributed by atoms with Crippen molar-refractivity contribution >= 4 is 11.9 Å². The van der Waals surface area contributed by atoms with Gasteiger partial charge >= 0.3 is 21.7 Å². The molecule has 0 heterocycles. The molecule has 8 nitrogen and oxygen atoms in total. The maximum atomic E-state index is 9.53. The molecule has 21 heavy (non-hydrogen) atoms. The van der Waals surface area contributed by atoms with E-state index in [1.54, 1.807) is 27.7 Å². The number of hydrogen-bond acceptors (Lipinski definition) is 8. The van der Waals surface area contributed by atoms with E-state index in [2.05, 4.69) is 0 Å². The van der Waals surface area contributed by atoms with Crippen LogP contribution < -0.4 is 20.4 Å². The van der Waals surface area contributed by atoms with Gasteiger partial charge in [0.05, 0.1) is 24.1 Å². The van der Waals surface area contributed by atoms with Crippen LogP contribution in [0.25, 0.3) is 0 Å². The molecule has 2 atom stereocenters. The van der Waals surface area contributed by atoms with Crippen LogP contribution in [-0.2, 0) is 31.3 Å². The Morgan fingerprint density at radius 2 is 0.762 bits per heavy atom.